The minimum absolute atomic E-state index is 0.0324. The molecule has 0 amide bonds. The molecule has 4 heteroatoms. The summed E-state index contributed by atoms with van der Waals surface area (Å²) in [6, 6.07) is 6.41. The molecule has 0 aromatic heterocycles. The number of benzene rings is 1. The van der Waals surface area contributed by atoms with E-state index in [1.807, 2.05) is 6.92 Å². The van der Waals surface area contributed by atoms with Crippen molar-refractivity contribution in [3.8, 4) is 0 Å². The number of rotatable bonds is 6. The Morgan fingerprint density at radius 3 is 2.50 bits per heavy atom. The van der Waals surface area contributed by atoms with Gasteiger partial charge >= 0.3 is 0 Å². The van der Waals surface area contributed by atoms with Gasteiger partial charge in [-0.25, -0.2) is 4.39 Å². The van der Waals surface area contributed by atoms with Gasteiger partial charge in [-0.1, -0.05) is 0 Å². The summed E-state index contributed by atoms with van der Waals surface area (Å²) in [6.45, 7) is 4.11. The van der Waals surface area contributed by atoms with Crippen molar-refractivity contribution >= 4 is 5.69 Å². The smallest absolute Gasteiger partial charge is 0.123 e. The van der Waals surface area contributed by atoms with Gasteiger partial charge in [0.1, 0.15) is 5.82 Å². The van der Waals surface area contributed by atoms with E-state index in [-0.39, 0.29) is 11.9 Å². The second-order valence-electron chi connectivity index (χ2n) is 3.73. The van der Waals surface area contributed by atoms with Gasteiger partial charge in [-0.3, -0.25) is 0 Å². The van der Waals surface area contributed by atoms with Gasteiger partial charge in [0.05, 0.1) is 6.61 Å². The minimum atomic E-state index is -0.221. The van der Waals surface area contributed by atoms with Crippen LogP contribution in [0.1, 0.15) is 6.92 Å². The summed E-state index contributed by atoms with van der Waals surface area (Å²) in [5.74, 6) is -0.221. The van der Waals surface area contributed by atoms with Crippen LogP contribution < -0.4 is 10.6 Å². The molecule has 2 N–H and O–H groups in total. The third-order valence-corrected chi connectivity index (χ3v) is 2.41. The fourth-order valence-corrected chi connectivity index (χ4v) is 1.62. The normalized spacial score (nSPS) is 12.5. The summed E-state index contributed by atoms with van der Waals surface area (Å²) < 4.78 is 17.8. The molecule has 0 saturated heterocycles. The standard InChI is InChI=1S/C12H19FN2O/c1-3-15(8-11(14)9-16-2)12-6-4-10(13)5-7-12/h4-7,11H,3,8-9,14H2,1-2H3. The van der Waals surface area contributed by atoms with Crippen LogP contribution in [0, 0.1) is 5.82 Å². The zero-order valence-corrected chi connectivity index (χ0v) is 9.82. The lowest BCUT2D eigenvalue weighted by Crippen LogP contribution is -2.40. The van der Waals surface area contributed by atoms with Crippen LogP contribution in [0.3, 0.4) is 0 Å². The van der Waals surface area contributed by atoms with Gasteiger partial charge in [0.15, 0.2) is 0 Å². The molecule has 1 aromatic rings. The lowest BCUT2D eigenvalue weighted by molar-refractivity contribution is 0.181. The van der Waals surface area contributed by atoms with E-state index in [0.717, 1.165) is 12.2 Å². The summed E-state index contributed by atoms with van der Waals surface area (Å²) in [7, 11) is 1.63. The Bertz CT molecular complexity index is 302. The number of hydrogen-bond acceptors (Lipinski definition) is 3. The molecule has 0 radical (unpaired) electrons. The number of anilines is 1. The summed E-state index contributed by atoms with van der Waals surface area (Å²) >= 11 is 0. The van der Waals surface area contributed by atoms with E-state index >= 15 is 0 Å². The van der Waals surface area contributed by atoms with E-state index in [4.69, 9.17) is 10.5 Å². The molecule has 16 heavy (non-hydrogen) atoms. The van der Waals surface area contributed by atoms with E-state index in [0.29, 0.717) is 13.2 Å². The first-order valence-corrected chi connectivity index (χ1v) is 5.42. The Balaban J connectivity index is 2.63. The van der Waals surface area contributed by atoms with Gasteiger partial charge in [-0.2, -0.15) is 0 Å². The highest BCUT2D eigenvalue weighted by Gasteiger charge is 2.09. The van der Waals surface area contributed by atoms with E-state index < -0.39 is 0 Å². The first kappa shape index (κ1) is 12.9. The predicted octanol–water partition coefficient (Wildman–Crippen LogP) is 1.63. The van der Waals surface area contributed by atoms with Crippen molar-refractivity contribution in [1.29, 1.82) is 0 Å². The van der Waals surface area contributed by atoms with Crippen molar-refractivity contribution in [2.45, 2.75) is 13.0 Å². The van der Waals surface area contributed by atoms with Crippen molar-refractivity contribution in [1.82, 2.24) is 0 Å². The fraction of sp³-hybridized carbons (Fsp3) is 0.500. The third-order valence-electron chi connectivity index (χ3n) is 2.41. The molecular weight excluding hydrogens is 207 g/mol. The lowest BCUT2D eigenvalue weighted by Gasteiger charge is -2.26. The second-order valence-corrected chi connectivity index (χ2v) is 3.73. The minimum Gasteiger partial charge on any atom is -0.383 e. The Labute approximate surface area is 96.0 Å². The zero-order chi connectivity index (χ0) is 12.0. The molecule has 1 unspecified atom stereocenters. The summed E-state index contributed by atoms with van der Waals surface area (Å²) in [4.78, 5) is 2.10. The Morgan fingerprint density at radius 2 is 2.00 bits per heavy atom. The average molecular weight is 226 g/mol. The van der Waals surface area contributed by atoms with E-state index in [9.17, 15) is 4.39 Å². The highest BCUT2D eigenvalue weighted by atomic mass is 19.1. The quantitative estimate of drug-likeness (QED) is 0.801. The first-order valence-electron chi connectivity index (χ1n) is 5.42. The number of likely N-dealkylation sites (N-methyl/N-ethyl adjacent to an activating group) is 1. The molecule has 0 fully saturated rings. The van der Waals surface area contributed by atoms with Crippen molar-refractivity contribution in [2.75, 3.05) is 31.7 Å². The SMILES string of the molecule is CCN(CC(N)COC)c1ccc(F)cc1. The highest BCUT2D eigenvalue weighted by Crippen LogP contribution is 2.14. The zero-order valence-electron chi connectivity index (χ0n) is 9.82. The molecule has 0 spiro atoms. The van der Waals surface area contributed by atoms with Crippen molar-refractivity contribution in [3.63, 3.8) is 0 Å². The molecule has 0 heterocycles. The van der Waals surface area contributed by atoms with Gasteiger partial charge in [0.2, 0.25) is 0 Å². The number of hydrogen-bond donors (Lipinski definition) is 1. The van der Waals surface area contributed by atoms with Gasteiger partial charge in [0, 0.05) is 31.9 Å². The maximum absolute atomic E-state index is 12.8. The molecule has 1 rings (SSSR count). The van der Waals surface area contributed by atoms with Crippen molar-refractivity contribution in [3.05, 3.63) is 30.1 Å². The molecule has 0 bridgehead atoms. The Morgan fingerprint density at radius 1 is 1.38 bits per heavy atom. The fourth-order valence-electron chi connectivity index (χ4n) is 1.62. The summed E-state index contributed by atoms with van der Waals surface area (Å²) in [5.41, 5.74) is 6.87. The molecular formula is C12H19FN2O. The maximum Gasteiger partial charge on any atom is 0.123 e. The van der Waals surface area contributed by atoms with Crippen LogP contribution in [0.25, 0.3) is 0 Å². The van der Waals surface area contributed by atoms with E-state index in [1.165, 1.54) is 12.1 Å². The van der Waals surface area contributed by atoms with Gasteiger partial charge < -0.3 is 15.4 Å². The number of methoxy groups -OCH3 is 1. The number of nitrogens with two attached hydrogens (primary N) is 1. The van der Waals surface area contributed by atoms with Crippen LogP contribution in [-0.4, -0.2) is 32.8 Å². The molecule has 90 valence electrons. The molecule has 3 nitrogen and oxygen atoms in total. The molecule has 1 aromatic carbocycles. The molecule has 0 aliphatic rings. The van der Waals surface area contributed by atoms with Crippen LogP contribution in [-0.2, 0) is 4.74 Å². The Kier molecular flexibility index (Phi) is 5.22. The Hall–Kier alpha value is -1.13. The average Bonchev–Trinajstić information content (AvgIpc) is 2.27. The van der Waals surface area contributed by atoms with Crippen LogP contribution >= 0.6 is 0 Å². The molecule has 0 saturated carbocycles. The van der Waals surface area contributed by atoms with Crippen molar-refractivity contribution in [2.24, 2.45) is 5.73 Å². The largest absolute Gasteiger partial charge is 0.383 e. The highest BCUT2D eigenvalue weighted by molar-refractivity contribution is 5.46. The van der Waals surface area contributed by atoms with Gasteiger partial charge in [0.25, 0.3) is 0 Å². The number of halogens is 1. The number of nitrogens with zero attached hydrogens (tertiary/aromatic N) is 1. The molecule has 1 atom stereocenters. The number of ether oxygens (including phenoxy) is 1. The lowest BCUT2D eigenvalue weighted by atomic mass is 10.2. The van der Waals surface area contributed by atoms with Crippen LogP contribution in [0.4, 0.5) is 10.1 Å². The first-order chi connectivity index (χ1) is 7.67. The van der Waals surface area contributed by atoms with Gasteiger partial charge in [-0.15, -0.1) is 0 Å². The van der Waals surface area contributed by atoms with Crippen LogP contribution in [0.15, 0.2) is 24.3 Å². The van der Waals surface area contributed by atoms with Gasteiger partial charge in [-0.05, 0) is 31.2 Å². The summed E-state index contributed by atoms with van der Waals surface area (Å²) in [5, 5.41) is 0. The molecule has 0 aliphatic heterocycles. The van der Waals surface area contributed by atoms with E-state index in [2.05, 4.69) is 4.90 Å². The maximum atomic E-state index is 12.8. The summed E-state index contributed by atoms with van der Waals surface area (Å²) in [6.07, 6.45) is 0. The molecule has 0 aliphatic carbocycles. The second kappa shape index (κ2) is 6.45. The topological polar surface area (TPSA) is 38.5 Å². The van der Waals surface area contributed by atoms with Crippen LogP contribution in [0.5, 0.6) is 0 Å². The third kappa shape index (κ3) is 3.79. The predicted molar refractivity (Wildman–Crippen MR) is 64.1 cm³/mol. The van der Waals surface area contributed by atoms with Crippen LogP contribution in [0.2, 0.25) is 0 Å². The van der Waals surface area contributed by atoms with E-state index in [1.54, 1.807) is 19.2 Å². The monoisotopic (exact) mass is 226 g/mol. The van der Waals surface area contributed by atoms with Crippen molar-refractivity contribution < 1.29 is 9.13 Å².